The van der Waals surface area contributed by atoms with E-state index in [0.29, 0.717) is 28.0 Å². The third kappa shape index (κ3) is 5.50. The number of rotatable bonds is 7. The van der Waals surface area contributed by atoms with Gasteiger partial charge in [-0.3, -0.25) is 24.0 Å². The fourth-order valence-electron chi connectivity index (χ4n) is 5.61. The predicted molar refractivity (Wildman–Crippen MR) is 150 cm³/mol. The van der Waals surface area contributed by atoms with Crippen LogP contribution >= 0.6 is 0 Å². The van der Waals surface area contributed by atoms with Crippen molar-refractivity contribution in [3.63, 3.8) is 0 Å². The predicted octanol–water partition coefficient (Wildman–Crippen LogP) is 5.30. The molecule has 3 amide bonds. The quantitative estimate of drug-likeness (QED) is 0.274. The van der Waals surface area contributed by atoms with Gasteiger partial charge in [0.25, 0.3) is 11.8 Å². The van der Waals surface area contributed by atoms with Crippen LogP contribution in [0.5, 0.6) is 5.75 Å². The van der Waals surface area contributed by atoms with Crippen LogP contribution in [0.25, 0.3) is 11.3 Å². The second kappa shape index (κ2) is 11.0. The van der Waals surface area contributed by atoms with Crippen molar-refractivity contribution in [3.8, 4) is 17.0 Å². The van der Waals surface area contributed by atoms with E-state index in [9.17, 15) is 27.6 Å². The Hall–Kier alpha value is -4.93. The fraction of sp³-hybridized carbons (Fsp3) is 0.250. The summed E-state index contributed by atoms with van der Waals surface area (Å²) in [5, 5.41) is 4.27. The largest absolute Gasteiger partial charge is 0.497 e. The highest BCUT2D eigenvalue weighted by molar-refractivity contribution is 6.05. The van der Waals surface area contributed by atoms with Crippen LogP contribution in [0.2, 0.25) is 0 Å². The van der Waals surface area contributed by atoms with Crippen LogP contribution in [-0.2, 0) is 35.4 Å². The molecule has 1 fully saturated rings. The zero-order valence-corrected chi connectivity index (χ0v) is 23.2. The Morgan fingerprint density at radius 1 is 0.907 bits per heavy atom. The van der Waals surface area contributed by atoms with Crippen molar-refractivity contribution in [3.05, 3.63) is 107 Å². The van der Waals surface area contributed by atoms with Crippen molar-refractivity contribution in [2.45, 2.75) is 44.7 Å². The van der Waals surface area contributed by atoms with Crippen LogP contribution in [0.4, 0.5) is 13.2 Å². The molecule has 43 heavy (non-hydrogen) atoms. The van der Waals surface area contributed by atoms with Gasteiger partial charge in [-0.25, -0.2) is 0 Å². The van der Waals surface area contributed by atoms with E-state index in [4.69, 9.17) is 4.74 Å². The van der Waals surface area contributed by atoms with Crippen molar-refractivity contribution < 1.29 is 32.3 Å². The molecule has 1 saturated heterocycles. The zero-order chi connectivity index (χ0) is 30.3. The average Bonchev–Trinajstić information content (AvgIpc) is 3.57. The molecular weight excluding hydrogens is 561 g/mol. The number of benzene rings is 3. The summed E-state index contributed by atoms with van der Waals surface area (Å²) in [7, 11) is 1.55. The molecule has 220 valence electrons. The van der Waals surface area contributed by atoms with E-state index in [-0.39, 0.29) is 50.0 Å². The van der Waals surface area contributed by atoms with E-state index in [1.54, 1.807) is 79.9 Å². The summed E-state index contributed by atoms with van der Waals surface area (Å²) < 4.78 is 47.8. The van der Waals surface area contributed by atoms with Crippen molar-refractivity contribution in [1.82, 2.24) is 19.6 Å². The summed E-state index contributed by atoms with van der Waals surface area (Å²) in [6.07, 6.45) is -4.31. The summed E-state index contributed by atoms with van der Waals surface area (Å²) in [5.41, 5.74) is 2.05. The fourth-order valence-corrected chi connectivity index (χ4v) is 5.61. The van der Waals surface area contributed by atoms with Crippen LogP contribution in [0.1, 0.15) is 45.6 Å². The number of nitrogens with zero attached hydrogens (tertiary/aromatic N) is 4. The zero-order valence-electron chi connectivity index (χ0n) is 23.2. The first-order chi connectivity index (χ1) is 20.6. The molecule has 2 aliphatic rings. The molecule has 0 saturated carbocycles. The number of hydrogen-bond donors (Lipinski definition) is 0. The highest BCUT2D eigenvalue weighted by Crippen LogP contribution is 2.35. The minimum atomic E-state index is -4.61. The van der Waals surface area contributed by atoms with Gasteiger partial charge >= 0.3 is 6.18 Å². The number of alkyl halides is 3. The van der Waals surface area contributed by atoms with Gasteiger partial charge in [0.1, 0.15) is 17.5 Å². The number of fused-ring (bicyclic) bond motifs is 1. The van der Waals surface area contributed by atoms with Gasteiger partial charge in [0.15, 0.2) is 0 Å². The summed E-state index contributed by atoms with van der Waals surface area (Å²) in [4.78, 5) is 42.2. The number of halogens is 3. The van der Waals surface area contributed by atoms with E-state index >= 15 is 0 Å². The van der Waals surface area contributed by atoms with Crippen LogP contribution < -0.4 is 4.74 Å². The monoisotopic (exact) mass is 588 g/mol. The number of carbonyl (C=O) groups is 3. The van der Waals surface area contributed by atoms with Gasteiger partial charge < -0.3 is 9.64 Å². The maximum atomic E-state index is 13.9. The number of methoxy groups -OCH3 is 1. The Balaban J connectivity index is 1.23. The smallest absolute Gasteiger partial charge is 0.433 e. The lowest BCUT2D eigenvalue weighted by atomic mass is 10.0. The van der Waals surface area contributed by atoms with E-state index in [1.165, 1.54) is 9.80 Å². The average molecular weight is 589 g/mol. The number of piperidine rings is 1. The summed E-state index contributed by atoms with van der Waals surface area (Å²) in [6, 6.07) is 20.7. The number of hydrogen-bond acceptors (Lipinski definition) is 5. The first-order valence-electron chi connectivity index (χ1n) is 13.7. The maximum absolute atomic E-state index is 13.9. The molecule has 1 atom stereocenters. The summed E-state index contributed by atoms with van der Waals surface area (Å²) in [5.74, 6) is -0.475. The van der Waals surface area contributed by atoms with E-state index in [1.807, 2.05) is 0 Å². The highest BCUT2D eigenvalue weighted by atomic mass is 19.4. The third-order valence-electron chi connectivity index (χ3n) is 7.84. The number of amides is 3. The Morgan fingerprint density at radius 3 is 2.33 bits per heavy atom. The number of ether oxygens (including phenoxy) is 1. The van der Waals surface area contributed by atoms with Crippen molar-refractivity contribution in [1.29, 1.82) is 0 Å². The van der Waals surface area contributed by atoms with Gasteiger partial charge in [0.05, 0.1) is 25.9 Å². The van der Waals surface area contributed by atoms with Gasteiger partial charge in [0.2, 0.25) is 5.91 Å². The van der Waals surface area contributed by atoms with Gasteiger partial charge in [-0.2, -0.15) is 18.3 Å². The molecule has 3 heterocycles. The Morgan fingerprint density at radius 2 is 1.63 bits per heavy atom. The van der Waals surface area contributed by atoms with Crippen molar-refractivity contribution >= 4 is 17.7 Å². The first kappa shape index (κ1) is 28.2. The molecule has 6 rings (SSSR count). The minimum absolute atomic E-state index is 0.0531. The van der Waals surface area contributed by atoms with E-state index in [2.05, 4.69) is 5.10 Å². The normalized spacial score (nSPS) is 17.0. The molecule has 8 nitrogen and oxygen atoms in total. The van der Waals surface area contributed by atoms with E-state index < -0.39 is 23.8 Å². The molecule has 0 aliphatic carbocycles. The Labute approximate surface area is 245 Å². The molecule has 11 heteroatoms. The molecule has 0 radical (unpaired) electrons. The standard InChI is InChI=1S/C32H27F3N4O4/c1-43-24-10-7-21(8-11-24)17-38-29(40)14-13-27(31(38)42)37-19-23-15-22(9-12-25(23)30(37)41)26-16-28(32(33,34)35)39(36-26)18-20-5-3-2-4-6-20/h2-12,15-16,27H,13-14,17-19H2,1H3. The number of aromatic nitrogens is 2. The molecule has 1 unspecified atom stereocenters. The summed E-state index contributed by atoms with van der Waals surface area (Å²) >= 11 is 0. The highest BCUT2D eigenvalue weighted by Gasteiger charge is 2.43. The van der Waals surface area contributed by atoms with Crippen molar-refractivity contribution in [2.75, 3.05) is 7.11 Å². The number of likely N-dealkylation sites (tertiary alicyclic amines) is 1. The van der Waals surface area contributed by atoms with E-state index in [0.717, 1.165) is 16.3 Å². The Bertz CT molecular complexity index is 1700. The molecule has 4 aromatic rings. The minimum Gasteiger partial charge on any atom is -0.497 e. The summed E-state index contributed by atoms with van der Waals surface area (Å²) in [6.45, 7) is 0.118. The van der Waals surface area contributed by atoms with Crippen LogP contribution in [0.3, 0.4) is 0 Å². The topological polar surface area (TPSA) is 84.7 Å². The van der Waals surface area contributed by atoms with Crippen molar-refractivity contribution in [2.24, 2.45) is 0 Å². The maximum Gasteiger partial charge on any atom is 0.433 e. The van der Waals surface area contributed by atoms with Gasteiger partial charge in [0, 0.05) is 24.1 Å². The molecule has 1 aromatic heterocycles. The van der Waals surface area contributed by atoms with Gasteiger partial charge in [-0.15, -0.1) is 0 Å². The second-order valence-corrected chi connectivity index (χ2v) is 10.6. The second-order valence-electron chi connectivity index (χ2n) is 10.6. The SMILES string of the molecule is COc1ccc(CN2C(=O)CCC(N3Cc4cc(-c5cc(C(F)(F)F)n(Cc6ccccc6)n5)ccc4C3=O)C2=O)cc1. The number of imide groups is 1. The molecule has 0 spiro atoms. The lowest BCUT2D eigenvalue weighted by Crippen LogP contribution is -2.54. The molecule has 0 bridgehead atoms. The van der Waals surface area contributed by atoms with Crippen LogP contribution in [0.15, 0.2) is 78.9 Å². The first-order valence-corrected chi connectivity index (χ1v) is 13.7. The molecule has 0 N–H and O–H groups in total. The number of carbonyl (C=O) groups excluding carboxylic acids is 3. The third-order valence-corrected chi connectivity index (χ3v) is 7.84. The van der Waals surface area contributed by atoms with Crippen LogP contribution in [-0.4, -0.2) is 50.5 Å². The molecular formula is C32H27F3N4O4. The van der Waals surface area contributed by atoms with Gasteiger partial charge in [-0.05, 0) is 53.4 Å². The lowest BCUT2D eigenvalue weighted by molar-refractivity contribution is -0.153. The Kier molecular flexibility index (Phi) is 7.25. The van der Waals surface area contributed by atoms with Gasteiger partial charge in [-0.1, -0.05) is 48.5 Å². The molecule has 3 aromatic carbocycles. The molecule has 2 aliphatic heterocycles. The van der Waals surface area contributed by atoms with Crippen LogP contribution in [0, 0.1) is 0 Å². The lowest BCUT2D eigenvalue weighted by Gasteiger charge is -2.35.